The second-order valence-electron chi connectivity index (χ2n) is 8.38. The van der Waals surface area contributed by atoms with E-state index in [0.29, 0.717) is 0 Å². The zero-order chi connectivity index (χ0) is 31.7. The lowest BCUT2D eigenvalue weighted by Gasteiger charge is -2.34. The van der Waals surface area contributed by atoms with Crippen molar-refractivity contribution in [1.29, 1.82) is 0 Å². The second kappa shape index (κ2) is 16.4. The van der Waals surface area contributed by atoms with E-state index in [1.165, 1.54) is 30.7 Å². The summed E-state index contributed by atoms with van der Waals surface area (Å²) in [6.45, 7) is 14.2. The van der Waals surface area contributed by atoms with Crippen LogP contribution in [0.15, 0.2) is 0 Å². The van der Waals surface area contributed by atoms with Gasteiger partial charge in [0.25, 0.3) is 11.9 Å². The highest BCUT2D eigenvalue weighted by Crippen LogP contribution is 2.37. The fourth-order valence-electron chi connectivity index (χ4n) is 3.23. The number of quaternary nitrogens is 1. The van der Waals surface area contributed by atoms with Crippen LogP contribution in [0.2, 0.25) is 0 Å². The van der Waals surface area contributed by atoms with Crippen molar-refractivity contribution < 1.29 is 78.9 Å². The van der Waals surface area contributed by atoms with Crippen LogP contribution >= 0.6 is 0 Å². The van der Waals surface area contributed by atoms with Crippen molar-refractivity contribution in [2.24, 2.45) is 0 Å². The number of rotatable bonds is 16. The molecule has 0 aliphatic carbocycles. The molecular formula is C20H31F14NO3S. The average molecular weight is 632 g/mol. The van der Waals surface area contributed by atoms with Crippen LogP contribution in [-0.4, -0.2) is 117 Å². The van der Waals surface area contributed by atoms with E-state index in [0.717, 1.165) is 0 Å². The number of alkyl halides is 14. The molecule has 0 aromatic heterocycles. The lowest BCUT2D eigenvalue weighted by Crippen LogP contribution is -2.54. The molecule has 0 N–H and O–H groups in total. The van der Waals surface area contributed by atoms with Gasteiger partial charge in [-0.3, -0.25) is 0 Å². The molecule has 0 aliphatic heterocycles. The molecule has 0 amide bonds. The van der Waals surface area contributed by atoms with Gasteiger partial charge < -0.3 is 9.04 Å². The summed E-state index contributed by atoms with van der Waals surface area (Å²) in [5, 5.41) is 0. The van der Waals surface area contributed by atoms with Gasteiger partial charge in [0.2, 0.25) is 6.17 Å². The maximum absolute atomic E-state index is 13.4. The molecule has 0 aromatic carbocycles. The Kier molecular flexibility index (Phi) is 16.8. The topological polar surface area (TPSA) is 57.2 Å². The zero-order valence-electron chi connectivity index (χ0n) is 21.1. The maximum atomic E-state index is 13.4. The van der Waals surface area contributed by atoms with Crippen LogP contribution in [-0.2, 0) is 10.1 Å². The normalized spacial score (nSPS) is 21.0. The Bertz CT molecular complexity index is 774. The van der Waals surface area contributed by atoms with Crippen LogP contribution in [0.4, 0.5) is 61.5 Å². The third kappa shape index (κ3) is 10.7. The van der Waals surface area contributed by atoms with Gasteiger partial charge in [-0.05, 0) is 27.7 Å². The molecule has 0 bridgehead atoms. The molecule has 0 aromatic rings. The van der Waals surface area contributed by atoms with Crippen LogP contribution in [0.1, 0.15) is 27.7 Å². The monoisotopic (exact) mass is 631 g/mol. The van der Waals surface area contributed by atoms with Gasteiger partial charge in [-0.15, -0.1) is 0 Å². The summed E-state index contributed by atoms with van der Waals surface area (Å²) in [6.07, 6.45) is -44.1. The van der Waals surface area contributed by atoms with E-state index in [-0.39, 0.29) is 0 Å². The minimum absolute atomic E-state index is 1.28. The minimum Gasteiger partial charge on any atom is -0.746 e. The fraction of sp³-hybridized carbons (Fsp3) is 1.00. The average Bonchev–Trinajstić information content (AvgIpc) is 2.89. The summed E-state index contributed by atoms with van der Waals surface area (Å²) in [5.41, 5.74) is -5.02. The molecule has 10 unspecified atom stereocenters. The van der Waals surface area contributed by atoms with Crippen molar-refractivity contribution in [2.75, 3.05) is 26.2 Å². The molecule has 39 heavy (non-hydrogen) atoms. The van der Waals surface area contributed by atoms with Crippen LogP contribution in [0.3, 0.4) is 0 Å². The van der Waals surface area contributed by atoms with E-state index in [9.17, 15) is 74.4 Å². The molecule has 0 rings (SSSR count). The summed E-state index contributed by atoms with van der Waals surface area (Å²) >= 11 is 0. The summed E-state index contributed by atoms with van der Waals surface area (Å²) in [7, 11) is -6.66. The van der Waals surface area contributed by atoms with Crippen molar-refractivity contribution in [3.8, 4) is 0 Å². The predicted octanol–water partition coefficient (Wildman–Crippen LogP) is 5.65. The molecule has 0 saturated heterocycles. The quantitative estimate of drug-likeness (QED) is 0.126. The highest BCUT2D eigenvalue weighted by Gasteiger charge is 2.59. The van der Waals surface area contributed by atoms with Gasteiger partial charge in [0.15, 0.2) is 49.4 Å². The first-order chi connectivity index (χ1) is 17.5. The maximum Gasteiger partial charge on any atom is 0.325 e. The number of halogens is 14. The molecule has 0 saturated carbocycles. The lowest BCUT2D eigenvalue weighted by molar-refractivity contribution is -0.921. The van der Waals surface area contributed by atoms with Gasteiger partial charge in [0.05, 0.1) is 26.2 Å². The van der Waals surface area contributed by atoms with E-state index in [1.807, 2.05) is 0 Å². The SMILES string of the molecule is CC[N+](CC)(CC)CC.O=S(=O)([O-])C(F)C(F)(F)C(F)C(F)C(F)C(F)C(F)C(F)C(F)C(F)C(F)C(F)F. The Morgan fingerprint density at radius 2 is 0.821 bits per heavy atom. The molecule has 0 aliphatic rings. The molecule has 0 heterocycles. The molecule has 0 fully saturated rings. The van der Waals surface area contributed by atoms with E-state index in [2.05, 4.69) is 27.7 Å². The van der Waals surface area contributed by atoms with Gasteiger partial charge >= 0.3 is 5.92 Å². The summed E-state index contributed by atoms with van der Waals surface area (Å²) in [6, 6.07) is 0. The molecule has 10 atom stereocenters. The van der Waals surface area contributed by atoms with Crippen molar-refractivity contribution in [2.45, 2.75) is 101 Å². The van der Waals surface area contributed by atoms with E-state index < -0.39 is 83.5 Å². The molecule has 4 nitrogen and oxygen atoms in total. The summed E-state index contributed by atoms with van der Waals surface area (Å²) < 4.78 is 213. The number of hydrogen-bond donors (Lipinski definition) is 0. The molecule has 19 heteroatoms. The van der Waals surface area contributed by atoms with E-state index >= 15 is 0 Å². The van der Waals surface area contributed by atoms with E-state index in [4.69, 9.17) is 0 Å². The van der Waals surface area contributed by atoms with Crippen LogP contribution in [0, 0.1) is 0 Å². The standard InChI is InChI=1S/C12H12F14O3S.C8H20N/c13-1(2(14)4(16)6(18)8(20)10(22)23)3(15)5(17)7(19)9(21)12(25,26)11(24)30(27,28)29;1-5-9(6-2,7-3)8-4/h1-11H,(H,27,28,29);5-8H2,1-4H3/q;+1/p-1. The summed E-state index contributed by atoms with van der Waals surface area (Å²) in [5.74, 6) is -6.16. The van der Waals surface area contributed by atoms with Crippen molar-refractivity contribution in [3.63, 3.8) is 0 Å². The predicted molar refractivity (Wildman–Crippen MR) is 112 cm³/mol. The van der Waals surface area contributed by atoms with Crippen LogP contribution in [0.5, 0.6) is 0 Å². The van der Waals surface area contributed by atoms with Gasteiger partial charge in [-0.25, -0.2) is 61.1 Å². The minimum atomic E-state index is -6.66. The first-order valence-electron chi connectivity index (χ1n) is 11.4. The van der Waals surface area contributed by atoms with Gasteiger partial charge in [0.1, 0.15) is 10.1 Å². The van der Waals surface area contributed by atoms with Gasteiger partial charge in [-0.1, -0.05) is 0 Å². The zero-order valence-corrected chi connectivity index (χ0v) is 21.9. The highest BCUT2D eigenvalue weighted by molar-refractivity contribution is 7.86. The third-order valence-corrected chi connectivity index (χ3v) is 7.08. The highest BCUT2D eigenvalue weighted by atomic mass is 32.2. The van der Waals surface area contributed by atoms with Crippen molar-refractivity contribution in [3.05, 3.63) is 0 Å². The Balaban J connectivity index is 0. The van der Waals surface area contributed by atoms with Crippen molar-refractivity contribution in [1.82, 2.24) is 0 Å². The Morgan fingerprint density at radius 3 is 1.03 bits per heavy atom. The number of nitrogens with zero attached hydrogens (tertiary/aromatic N) is 1. The van der Waals surface area contributed by atoms with Gasteiger partial charge in [-0.2, -0.15) is 8.78 Å². The molecule has 238 valence electrons. The molecular weight excluding hydrogens is 600 g/mol. The Labute approximate surface area is 217 Å². The van der Waals surface area contributed by atoms with Gasteiger partial charge in [0, 0.05) is 0 Å². The second-order valence-corrected chi connectivity index (χ2v) is 9.78. The summed E-state index contributed by atoms with van der Waals surface area (Å²) in [4.78, 5) is 0. The van der Waals surface area contributed by atoms with Crippen molar-refractivity contribution >= 4 is 10.1 Å². The lowest BCUT2D eigenvalue weighted by atomic mass is 9.95. The van der Waals surface area contributed by atoms with Crippen LogP contribution < -0.4 is 0 Å². The molecule has 0 spiro atoms. The third-order valence-electron chi connectivity index (χ3n) is 6.26. The first kappa shape index (κ1) is 40.0. The Morgan fingerprint density at radius 1 is 0.564 bits per heavy atom. The molecule has 0 radical (unpaired) electrons. The Hall–Kier alpha value is -1.11. The van der Waals surface area contributed by atoms with E-state index in [1.54, 1.807) is 0 Å². The first-order valence-corrected chi connectivity index (χ1v) is 12.9. The smallest absolute Gasteiger partial charge is 0.325 e. The largest absolute Gasteiger partial charge is 0.746 e. The fourth-order valence-corrected chi connectivity index (χ4v) is 3.74. The number of hydrogen-bond acceptors (Lipinski definition) is 3. The van der Waals surface area contributed by atoms with Crippen LogP contribution in [0.25, 0.3) is 0 Å².